The molecule has 0 atom stereocenters. The SMILES string of the molecule is CC1(C)CCCc2c1cc(F)c(C#CC1(O)CCCCC1)c2F. The van der Waals surface area contributed by atoms with Crippen LogP contribution in [0.1, 0.15) is 75.5 Å². The molecule has 0 heterocycles. The second-order valence-electron chi connectivity index (χ2n) is 7.65. The minimum absolute atomic E-state index is 0.180. The molecule has 0 spiro atoms. The number of fused-ring (bicyclic) bond motifs is 1. The Kier molecular flexibility index (Phi) is 4.23. The van der Waals surface area contributed by atoms with Gasteiger partial charge in [-0.15, -0.1) is 0 Å². The Morgan fingerprint density at radius 1 is 1.04 bits per heavy atom. The zero-order valence-electron chi connectivity index (χ0n) is 13.9. The maximum Gasteiger partial charge on any atom is 0.145 e. The molecule has 124 valence electrons. The first kappa shape index (κ1) is 16.5. The van der Waals surface area contributed by atoms with E-state index in [2.05, 4.69) is 11.8 Å². The van der Waals surface area contributed by atoms with Gasteiger partial charge < -0.3 is 5.11 Å². The van der Waals surface area contributed by atoms with E-state index in [4.69, 9.17) is 0 Å². The summed E-state index contributed by atoms with van der Waals surface area (Å²) in [7, 11) is 0. The molecule has 2 aliphatic carbocycles. The summed E-state index contributed by atoms with van der Waals surface area (Å²) < 4.78 is 29.2. The monoisotopic (exact) mass is 318 g/mol. The van der Waals surface area contributed by atoms with Crippen LogP contribution in [0.25, 0.3) is 0 Å². The molecular weight excluding hydrogens is 294 g/mol. The number of hydrogen-bond acceptors (Lipinski definition) is 1. The Morgan fingerprint density at radius 3 is 2.43 bits per heavy atom. The lowest BCUT2D eigenvalue weighted by atomic mass is 9.72. The van der Waals surface area contributed by atoms with Crippen molar-refractivity contribution in [2.45, 2.75) is 76.2 Å². The Bertz CT molecular complexity index is 673. The second kappa shape index (κ2) is 5.91. The first-order valence-electron chi connectivity index (χ1n) is 8.59. The molecule has 0 aromatic heterocycles. The maximum atomic E-state index is 14.8. The largest absolute Gasteiger partial charge is 0.378 e. The molecule has 0 bridgehead atoms. The van der Waals surface area contributed by atoms with E-state index in [9.17, 15) is 13.9 Å². The van der Waals surface area contributed by atoms with Crippen LogP contribution in [0.5, 0.6) is 0 Å². The first-order valence-corrected chi connectivity index (χ1v) is 8.59. The van der Waals surface area contributed by atoms with Gasteiger partial charge in [-0.1, -0.05) is 32.1 Å². The Balaban J connectivity index is 2.02. The second-order valence-corrected chi connectivity index (χ2v) is 7.65. The maximum absolute atomic E-state index is 14.8. The minimum atomic E-state index is -1.09. The van der Waals surface area contributed by atoms with Gasteiger partial charge in [0.2, 0.25) is 0 Å². The molecule has 1 N–H and O–H groups in total. The number of aliphatic hydroxyl groups is 1. The smallest absolute Gasteiger partial charge is 0.145 e. The van der Waals surface area contributed by atoms with Crippen LogP contribution in [0.4, 0.5) is 8.78 Å². The molecule has 2 aliphatic rings. The minimum Gasteiger partial charge on any atom is -0.378 e. The third-order valence-electron chi connectivity index (χ3n) is 5.38. The van der Waals surface area contributed by atoms with Crippen LogP contribution in [-0.2, 0) is 11.8 Å². The van der Waals surface area contributed by atoms with Crippen molar-refractivity contribution in [1.82, 2.24) is 0 Å². The molecule has 3 heteroatoms. The van der Waals surface area contributed by atoms with Gasteiger partial charge in [-0.3, -0.25) is 0 Å². The van der Waals surface area contributed by atoms with E-state index >= 15 is 0 Å². The summed E-state index contributed by atoms with van der Waals surface area (Å²) >= 11 is 0. The molecule has 1 aromatic rings. The van der Waals surface area contributed by atoms with E-state index in [-0.39, 0.29) is 11.0 Å². The summed E-state index contributed by atoms with van der Waals surface area (Å²) in [5.41, 5.74) is -0.113. The van der Waals surface area contributed by atoms with Crippen molar-refractivity contribution in [2.75, 3.05) is 0 Å². The van der Waals surface area contributed by atoms with E-state index in [1.165, 1.54) is 6.07 Å². The fraction of sp³-hybridized carbons (Fsp3) is 0.600. The molecule has 1 aromatic carbocycles. The molecule has 1 nitrogen and oxygen atoms in total. The Labute approximate surface area is 137 Å². The van der Waals surface area contributed by atoms with Gasteiger partial charge in [-0.2, -0.15) is 0 Å². The summed E-state index contributed by atoms with van der Waals surface area (Å²) in [5.74, 6) is 4.23. The third kappa shape index (κ3) is 3.15. The number of rotatable bonds is 0. The molecule has 0 unspecified atom stereocenters. The lowest BCUT2D eigenvalue weighted by Gasteiger charge is -2.33. The number of hydrogen-bond donors (Lipinski definition) is 1. The molecule has 0 radical (unpaired) electrons. The van der Waals surface area contributed by atoms with Crippen LogP contribution < -0.4 is 0 Å². The fourth-order valence-electron chi connectivity index (χ4n) is 3.91. The average molecular weight is 318 g/mol. The van der Waals surface area contributed by atoms with Gasteiger partial charge in [0.25, 0.3) is 0 Å². The normalized spacial score (nSPS) is 22.0. The molecule has 0 saturated heterocycles. The zero-order valence-corrected chi connectivity index (χ0v) is 13.9. The quantitative estimate of drug-likeness (QED) is 0.692. The molecule has 23 heavy (non-hydrogen) atoms. The van der Waals surface area contributed by atoms with Crippen molar-refractivity contribution < 1.29 is 13.9 Å². The highest BCUT2D eigenvalue weighted by atomic mass is 19.1. The van der Waals surface area contributed by atoms with Crippen LogP contribution in [0.2, 0.25) is 0 Å². The standard InChI is InChI=1S/C20H24F2O/c1-19(2)9-6-7-14-16(19)13-17(21)15(18(14)22)8-12-20(23)10-4-3-5-11-20/h13,23H,3-7,9-11H2,1-2H3. The molecule has 0 aliphatic heterocycles. The lowest BCUT2D eigenvalue weighted by molar-refractivity contribution is 0.0610. The third-order valence-corrected chi connectivity index (χ3v) is 5.38. The number of halogens is 2. The van der Waals surface area contributed by atoms with Gasteiger partial charge in [0.15, 0.2) is 0 Å². The van der Waals surface area contributed by atoms with E-state index < -0.39 is 17.2 Å². The number of benzene rings is 1. The lowest BCUT2D eigenvalue weighted by Crippen LogP contribution is -2.29. The summed E-state index contributed by atoms with van der Waals surface area (Å²) in [4.78, 5) is 0. The van der Waals surface area contributed by atoms with E-state index in [1.807, 2.05) is 13.8 Å². The molecule has 0 amide bonds. The van der Waals surface area contributed by atoms with Crippen molar-refractivity contribution in [2.24, 2.45) is 0 Å². The molecule has 3 rings (SSSR count). The highest BCUT2D eigenvalue weighted by Gasteiger charge is 2.32. The van der Waals surface area contributed by atoms with Gasteiger partial charge in [-0.05, 0) is 67.6 Å². The van der Waals surface area contributed by atoms with Crippen LogP contribution in [0, 0.1) is 23.5 Å². The highest BCUT2D eigenvalue weighted by molar-refractivity contribution is 5.48. The van der Waals surface area contributed by atoms with E-state index in [1.54, 1.807) is 0 Å². The van der Waals surface area contributed by atoms with Gasteiger partial charge in [0, 0.05) is 0 Å². The average Bonchev–Trinajstić information content (AvgIpc) is 2.49. The van der Waals surface area contributed by atoms with Crippen molar-refractivity contribution >= 4 is 0 Å². The van der Waals surface area contributed by atoms with E-state index in [0.717, 1.165) is 37.7 Å². The van der Waals surface area contributed by atoms with E-state index in [0.29, 0.717) is 24.8 Å². The summed E-state index contributed by atoms with van der Waals surface area (Å²) in [6.07, 6.45) is 6.54. The predicted octanol–water partition coefficient (Wildman–Crippen LogP) is 4.63. The van der Waals surface area contributed by atoms with Crippen LogP contribution in [0.3, 0.4) is 0 Å². The van der Waals surface area contributed by atoms with Crippen molar-refractivity contribution in [3.8, 4) is 11.8 Å². The van der Waals surface area contributed by atoms with Crippen LogP contribution in [-0.4, -0.2) is 10.7 Å². The fourth-order valence-corrected chi connectivity index (χ4v) is 3.91. The van der Waals surface area contributed by atoms with Crippen molar-refractivity contribution in [3.63, 3.8) is 0 Å². The summed E-state index contributed by atoms with van der Waals surface area (Å²) in [6, 6.07) is 1.45. The Hall–Kier alpha value is -1.40. The summed E-state index contributed by atoms with van der Waals surface area (Å²) in [5, 5.41) is 10.4. The first-order chi connectivity index (χ1) is 10.8. The summed E-state index contributed by atoms with van der Waals surface area (Å²) in [6.45, 7) is 4.06. The van der Waals surface area contributed by atoms with Crippen molar-refractivity contribution in [3.05, 3.63) is 34.4 Å². The molecule has 1 fully saturated rings. The van der Waals surface area contributed by atoms with Crippen LogP contribution in [0.15, 0.2) is 6.07 Å². The molecule has 1 saturated carbocycles. The van der Waals surface area contributed by atoms with Crippen molar-refractivity contribution in [1.29, 1.82) is 0 Å². The van der Waals surface area contributed by atoms with Gasteiger partial charge in [0.1, 0.15) is 17.2 Å². The Morgan fingerprint density at radius 2 is 1.74 bits per heavy atom. The highest BCUT2D eigenvalue weighted by Crippen LogP contribution is 2.39. The van der Waals surface area contributed by atoms with Gasteiger partial charge >= 0.3 is 0 Å². The zero-order chi connectivity index (χ0) is 16.7. The predicted molar refractivity (Wildman–Crippen MR) is 87.2 cm³/mol. The van der Waals surface area contributed by atoms with Gasteiger partial charge in [0.05, 0.1) is 5.56 Å². The van der Waals surface area contributed by atoms with Crippen LogP contribution >= 0.6 is 0 Å². The van der Waals surface area contributed by atoms with Gasteiger partial charge in [-0.25, -0.2) is 8.78 Å². The molecular formula is C20H24F2O. The topological polar surface area (TPSA) is 20.2 Å².